The molecule has 2 rings (SSSR count). The normalized spacial score (nSPS) is 48.6. The van der Waals surface area contributed by atoms with Gasteiger partial charge in [-0.3, -0.25) is 0 Å². The van der Waals surface area contributed by atoms with Crippen LogP contribution in [-0.4, -0.2) is 18.8 Å². The molecule has 2 nitrogen and oxygen atoms in total. The molecule has 2 fully saturated rings. The molecular formula is C12H23NO. The lowest BCUT2D eigenvalue weighted by Gasteiger charge is -2.43. The maximum absolute atomic E-state index is 6.02. The highest BCUT2D eigenvalue weighted by atomic mass is 16.5. The summed E-state index contributed by atoms with van der Waals surface area (Å²) in [5.74, 6) is 2.29. The van der Waals surface area contributed by atoms with E-state index in [1.165, 1.54) is 25.7 Å². The van der Waals surface area contributed by atoms with Crippen molar-refractivity contribution in [3.05, 3.63) is 0 Å². The van der Waals surface area contributed by atoms with Crippen LogP contribution in [0.15, 0.2) is 0 Å². The number of hydrogen-bond acceptors (Lipinski definition) is 2. The van der Waals surface area contributed by atoms with Crippen LogP contribution in [-0.2, 0) is 4.74 Å². The van der Waals surface area contributed by atoms with Gasteiger partial charge < -0.3 is 10.5 Å². The van der Waals surface area contributed by atoms with Crippen molar-refractivity contribution >= 4 is 0 Å². The van der Waals surface area contributed by atoms with Gasteiger partial charge in [-0.05, 0) is 44.1 Å². The van der Waals surface area contributed by atoms with E-state index in [0.717, 1.165) is 25.0 Å². The average Bonchev–Trinajstić information content (AvgIpc) is 2.55. The van der Waals surface area contributed by atoms with Crippen LogP contribution in [0.25, 0.3) is 0 Å². The molecule has 2 heteroatoms. The summed E-state index contributed by atoms with van der Waals surface area (Å²) in [5.41, 5.74) is 6.01. The van der Waals surface area contributed by atoms with E-state index >= 15 is 0 Å². The van der Waals surface area contributed by atoms with Crippen LogP contribution in [0.4, 0.5) is 0 Å². The van der Waals surface area contributed by atoms with Gasteiger partial charge in [-0.15, -0.1) is 0 Å². The molecule has 0 bridgehead atoms. The first kappa shape index (κ1) is 10.4. The SMILES string of the molecule is CC1CCC2(CC1C)OCCC2CN. The Bertz CT molecular complexity index is 206. The minimum absolute atomic E-state index is 0.167. The van der Waals surface area contributed by atoms with E-state index in [-0.39, 0.29) is 5.60 Å². The summed E-state index contributed by atoms with van der Waals surface area (Å²) >= 11 is 0. The van der Waals surface area contributed by atoms with Gasteiger partial charge in [0.05, 0.1) is 5.60 Å². The van der Waals surface area contributed by atoms with Gasteiger partial charge in [-0.1, -0.05) is 13.8 Å². The van der Waals surface area contributed by atoms with Crippen molar-refractivity contribution in [2.24, 2.45) is 23.5 Å². The van der Waals surface area contributed by atoms with Gasteiger partial charge in [0.1, 0.15) is 0 Å². The van der Waals surface area contributed by atoms with E-state index in [2.05, 4.69) is 13.8 Å². The van der Waals surface area contributed by atoms with E-state index in [1.807, 2.05) is 0 Å². The molecule has 0 aromatic carbocycles. The molecule has 1 saturated heterocycles. The highest BCUT2D eigenvalue weighted by molar-refractivity contribution is 4.97. The first-order valence-electron chi connectivity index (χ1n) is 6.02. The number of rotatable bonds is 1. The monoisotopic (exact) mass is 197 g/mol. The standard InChI is InChI=1S/C12H23NO/c1-9-3-5-12(7-10(9)2)11(8-13)4-6-14-12/h9-11H,3-8,13H2,1-2H3. The molecule has 2 aliphatic rings. The first-order valence-corrected chi connectivity index (χ1v) is 6.02. The fraction of sp³-hybridized carbons (Fsp3) is 1.00. The van der Waals surface area contributed by atoms with Crippen LogP contribution < -0.4 is 5.73 Å². The van der Waals surface area contributed by atoms with E-state index in [1.54, 1.807) is 0 Å². The van der Waals surface area contributed by atoms with Crippen molar-refractivity contribution in [2.45, 2.75) is 45.1 Å². The van der Waals surface area contributed by atoms with Crippen LogP contribution in [0.2, 0.25) is 0 Å². The van der Waals surface area contributed by atoms with Crippen LogP contribution in [0.1, 0.15) is 39.5 Å². The predicted molar refractivity (Wildman–Crippen MR) is 58.0 cm³/mol. The average molecular weight is 197 g/mol. The van der Waals surface area contributed by atoms with Crippen LogP contribution >= 0.6 is 0 Å². The number of nitrogens with two attached hydrogens (primary N) is 1. The molecule has 0 aromatic rings. The van der Waals surface area contributed by atoms with Gasteiger partial charge in [0.25, 0.3) is 0 Å². The smallest absolute Gasteiger partial charge is 0.0726 e. The molecule has 1 spiro atoms. The van der Waals surface area contributed by atoms with E-state index in [9.17, 15) is 0 Å². The van der Waals surface area contributed by atoms with Crippen molar-refractivity contribution in [3.63, 3.8) is 0 Å². The third kappa shape index (κ3) is 1.59. The molecule has 0 amide bonds. The summed E-state index contributed by atoms with van der Waals surface area (Å²) in [6, 6.07) is 0. The third-order valence-electron chi connectivity index (χ3n) is 4.55. The van der Waals surface area contributed by atoms with Crippen LogP contribution in [0, 0.1) is 17.8 Å². The predicted octanol–water partition coefficient (Wildman–Crippen LogP) is 2.18. The minimum atomic E-state index is 0.167. The van der Waals surface area contributed by atoms with Crippen molar-refractivity contribution in [2.75, 3.05) is 13.2 Å². The molecule has 1 heterocycles. The highest BCUT2D eigenvalue weighted by Gasteiger charge is 2.47. The lowest BCUT2D eigenvalue weighted by molar-refractivity contribution is -0.0719. The molecule has 2 N–H and O–H groups in total. The fourth-order valence-corrected chi connectivity index (χ4v) is 3.22. The van der Waals surface area contributed by atoms with Crippen molar-refractivity contribution in [3.8, 4) is 0 Å². The Morgan fingerprint density at radius 1 is 1.29 bits per heavy atom. The zero-order valence-electron chi connectivity index (χ0n) is 9.46. The molecule has 4 unspecified atom stereocenters. The number of hydrogen-bond donors (Lipinski definition) is 1. The molecule has 1 saturated carbocycles. The highest BCUT2D eigenvalue weighted by Crippen LogP contribution is 2.46. The van der Waals surface area contributed by atoms with Crippen molar-refractivity contribution < 1.29 is 4.74 Å². The Kier molecular flexibility index (Phi) is 2.85. The fourth-order valence-electron chi connectivity index (χ4n) is 3.22. The topological polar surface area (TPSA) is 35.2 Å². The zero-order valence-corrected chi connectivity index (χ0v) is 9.46. The Balaban J connectivity index is 2.08. The minimum Gasteiger partial charge on any atom is -0.375 e. The maximum Gasteiger partial charge on any atom is 0.0726 e. The maximum atomic E-state index is 6.02. The largest absolute Gasteiger partial charge is 0.375 e. The second-order valence-corrected chi connectivity index (χ2v) is 5.33. The summed E-state index contributed by atoms with van der Waals surface area (Å²) in [7, 11) is 0. The summed E-state index contributed by atoms with van der Waals surface area (Å²) < 4.78 is 6.02. The van der Waals surface area contributed by atoms with Gasteiger partial charge in [0.15, 0.2) is 0 Å². The molecule has 0 radical (unpaired) electrons. The Labute approximate surface area is 87.2 Å². The Morgan fingerprint density at radius 2 is 2.07 bits per heavy atom. The molecule has 0 aromatic heterocycles. The summed E-state index contributed by atoms with van der Waals surface area (Å²) in [6.07, 6.45) is 4.96. The van der Waals surface area contributed by atoms with Crippen molar-refractivity contribution in [1.82, 2.24) is 0 Å². The Hall–Kier alpha value is -0.0800. The van der Waals surface area contributed by atoms with E-state index < -0.39 is 0 Å². The van der Waals surface area contributed by atoms with Crippen molar-refractivity contribution in [1.29, 1.82) is 0 Å². The van der Waals surface area contributed by atoms with Gasteiger partial charge >= 0.3 is 0 Å². The molecule has 1 aliphatic carbocycles. The van der Waals surface area contributed by atoms with Gasteiger partial charge in [0.2, 0.25) is 0 Å². The molecule has 82 valence electrons. The summed E-state index contributed by atoms with van der Waals surface area (Å²) in [6.45, 7) is 6.47. The van der Waals surface area contributed by atoms with Crippen LogP contribution in [0.5, 0.6) is 0 Å². The van der Waals surface area contributed by atoms with E-state index in [4.69, 9.17) is 10.5 Å². The Morgan fingerprint density at radius 3 is 2.71 bits per heavy atom. The molecular weight excluding hydrogens is 174 g/mol. The first-order chi connectivity index (χ1) is 6.68. The van der Waals surface area contributed by atoms with Gasteiger partial charge in [-0.25, -0.2) is 0 Å². The molecule has 4 atom stereocenters. The second kappa shape index (κ2) is 3.82. The van der Waals surface area contributed by atoms with E-state index in [0.29, 0.717) is 5.92 Å². The molecule has 1 aliphatic heterocycles. The summed E-state index contributed by atoms with van der Waals surface area (Å²) in [5, 5.41) is 0. The lowest BCUT2D eigenvalue weighted by Crippen LogP contribution is -2.44. The third-order valence-corrected chi connectivity index (χ3v) is 4.55. The van der Waals surface area contributed by atoms with Crippen LogP contribution in [0.3, 0.4) is 0 Å². The molecule has 14 heavy (non-hydrogen) atoms. The second-order valence-electron chi connectivity index (χ2n) is 5.33. The quantitative estimate of drug-likeness (QED) is 0.699. The zero-order chi connectivity index (χ0) is 10.2. The number of ether oxygens (including phenoxy) is 1. The lowest BCUT2D eigenvalue weighted by atomic mass is 9.68. The summed E-state index contributed by atoms with van der Waals surface area (Å²) in [4.78, 5) is 0. The van der Waals surface area contributed by atoms with Gasteiger partial charge in [0, 0.05) is 12.5 Å². The van der Waals surface area contributed by atoms with Gasteiger partial charge in [-0.2, -0.15) is 0 Å².